The molecule has 164 valence electrons. The smallest absolute Gasteiger partial charge is 0.329 e. The van der Waals surface area contributed by atoms with Crippen LogP contribution in [0, 0.1) is 5.82 Å². The predicted octanol–water partition coefficient (Wildman–Crippen LogP) is -0.0943. The Hall–Kier alpha value is -3.47. The molecule has 0 atom stereocenters. The molecule has 3 aromatic rings. The van der Waals surface area contributed by atoms with E-state index < -0.39 is 11.2 Å². The summed E-state index contributed by atoms with van der Waals surface area (Å²) in [6.45, 7) is 2.89. The Morgan fingerprint density at radius 1 is 1.16 bits per heavy atom. The van der Waals surface area contributed by atoms with Crippen molar-refractivity contribution in [2.75, 3.05) is 44.7 Å². The third kappa shape index (κ3) is 4.08. The molecule has 1 aromatic carbocycles. The van der Waals surface area contributed by atoms with Crippen molar-refractivity contribution in [3.8, 4) is 0 Å². The molecule has 0 bridgehead atoms. The number of aromatic nitrogens is 4. The zero-order chi connectivity index (χ0) is 22.1. The Kier molecular flexibility index (Phi) is 5.59. The van der Waals surface area contributed by atoms with E-state index in [4.69, 9.17) is 4.74 Å². The maximum absolute atomic E-state index is 13.3. The number of aryl methyl sites for hydroxylation is 1. The van der Waals surface area contributed by atoms with E-state index in [0.717, 1.165) is 5.56 Å². The van der Waals surface area contributed by atoms with Gasteiger partial charge in [0.15, 0.2) is 11.2 Å². The van der Waals surface area contributed by atoms with Crippen molar-refractivity contribution in [1.29, 1.82) is 0 Å². The number of halogens is 1. The molecule has 0 saturated carbocycles. The van der Waals surface area contributed by atoms with Crippen LogP contribution in [0.2, 0.25) is 0 Å². The largest absolute Gasteiger partial charge is 0.468 e. The van der Waals surface area contributed by atoms with Crippen LogP contribution in [0.5, 0.6) is 0 Å². The average Bonchev–Trinajstić information content (AvgIpc) is 3.14. The Balaban J connectivity index is 1.72. The topological polar surface area (TPSA) is 105 Å². The molecule has 1 fully saturated rings. The Morgan fingerprint density at radius 2 is 1.84 bits per heavy atom. The summed E-state index contributed by atoms with van der Waals surface area (Å²) in [6.07, 6.45) is 0. The minimum atomic E-state index is -0.543. The molecule has 0 amide bonds. The molecule has 3 heterocycles. The van der Waals surface area contributed by atoms with E-state index >= 15 is 0 Å². The van der Waals surface area contributed by atoms with Crippen LogP contribution in [-0.2, 0) is 23.1 Å². The van der Waals surface area contributed by atoms with Crippen LogP contribution in [0.3, 0.4) is 0 Å². The second-order valence-electron chi connectivity index (χ2n) is 7.45. The van der Waals surface area contributed by atoms with Gasteiger partial charge in [0.1, 0.15) is 5.82 Å². The van der Waals surface area contributed by atoms with Gasteiger partial charge < -0.3 is 9.64 Å². The van der Waals surface area contributed by atoms with Gasteiger partial charge in [0.25, 0.3) is 5.56 Å². The summed E-state index contributed by atoms with van der Waals surface area (Å²) >= 11 is 0. The highest BCUT2D eigenvalue weighted by molar-refractivity contribution is 5.75. The number of aromatic amines is 1. The first-order chi connectivity index (χ1) is 14.9. The van der Waals surface area contributed by atoms with Crippen LogP contribution in [0.25, 0.3) is 11.2 Å². The van der Waals surface area contributed by atoms with Crippen LogP contribution in [0.4, 0.5) is 10.3 Å². The zero-order valence-corrected chi connectivity index (χ0v) is 17.3. The lowest BCUT2D eigenvalue weighted by Gasteiger charge is -2.34. The molecule has 1 aliphatic heterocycles. The number of fused-ring (bicyclic) bond motifs is 1. The fourth-order valence-corrected chi connectivity index (χ4v) is 3.74. The van der Waals surface area contributed by atoms with Crippen LogP contribution >= 0.6 is 0 Å². The van der Waals surface area contributed by atoms with Gasteiger partial charge in [-0.2, -0.15) is 4.98 Å². The van der Waals surface area contributed by atoms with Gasteiger partial charge in [-0.15, -0.1) is 0 Å². The van der Waals surface area contributed by atoms with Crippen molar-refractivity contribution < 1.29 is 13.9 Å². The van der Waals surface area contributed by atoms with Crippen molar-refractivity contribution >= 4 is 23.1 Å². The standard InChI is InChI=1S/C20H23FN6O4/c1-24-17-16(18(29)23-20(24)30)27(11-13-3-5-14(21)6-4-13)19(22-17)26-9-7-25(8-10-26)12-15(28)31-2/h3-6H,7-12H2,1-2H3,(H,23,29,30). The van der Waals surface area contributed by atoms with Crippen molar-refractivity contribution in [1.82, 2.24) is 24.0 Å². The second-order valence-corrected chi connectivity index (χ2v) is 7.45. The molecule has 4 rings (SSSR count). The maximum Gasteiger partial charge on any atom is 0.329 e. The lowest BCUT2D eigenvalue weighted by molar-refractivity contribution is -0.142. The highest BCUT2D eigenvalue weighted by Crippen LogP contribution is 2.22. The Morgan fingerprint density at radius 3 is 2.48 bits per heavy atom. The van der Waals surface area contributed by atoms with E-state index in [1.165, 1.54) is 23.8 Å². The summed E-state index contributed by atoms with van der Waals surface area (Å²) in [4.78, 5) is 47.2. The third-order valence-electron chi connectivity index (χ3n) is 5.48. The quantitative estimate of drug-likeness (QED) is 0.564. The molecule has 0 radical (unpaired) electrons. The van der Waals surface area contributed by atoms with Crippen LogP contribution < -0.4 is 16.1 Å². The van der Waals surface area contributed by atoms with E-state index in [-0.39, 0.29) is 36.0 Å². The van der Waals surface area contributed by atoms with Gasteiger partial charge in [-0.3, -0.25) is 28.6 Å². The number of carbonyl (C=O) groups excluding carboxylic acids is 1. The summed E-state index contributed by atoms with van der Waals surface area (Å²) in [5.41, 5.74) is 0.280. The lowest BCUT2D eigenvalue weighted by Crippen LogP contribution is -2.48. The van der Waals surface area contributed by atoms with Crippen LogP contribution in [-0.4, -0.2) is 69.8 Å². The van der Waals surface area contributed by atoms with E-state index in [1.807, 2.05) is 9.80 Å². The van der Waals surface area contributed by atoms with E-state index in [9.17, 15) is 18.8 Å². The maximum atomic E-state index is 13.3. The number of hydrogen-bond donors (Lipinski definition) is 1. The number of methoxy groups -OCH3 is 1. The van der Waals surface area contributed by atoms with Crippen molar-refractivity contribution in [2.24, 2.45) is 7.05 Å². The number of hydrogen-bond acceptors (Lipinski definition) is 7. The third-order valence-corrected chi connectivity index (χ3v) is 5.48. The number of carbonyl (C=O) groups is 1. The molecule has 0 unspecified atom stereocenters. The van der Waals surface area contributed by atoms with Crippen LogP contribution in [0.15, 0.2) is 33.9 Å². The molecule has 1 aliphatic rings. The normalized spacial score (nSPS) is 14.9. The average molecular weight is 430 g/mol. The SMILES string of the molecule is COC(=O)CN1CCN(c2nc3c(c(=O)[nH]c(=O)n3C)n2Cc2ccc(F)cc2)CC1. The fraction of sp³-hybridized carbons (Fsp3) is 0.400. The number of nitrogens with zero attached hydrogens (tertiary/aromatic N) is 5. The van der Waals surface area contributed by atoms with E-state index in [0.29, 0.717) is 32.1 Å². The number of ether oxygens (including phenoxy) is 1. The van der Waals surface area contributed by atoms with Gasteiger partial charge in [0, 0.05) is 33.2 Å². The molecule has 1 saturated heterocycles. The fourth-order valence-electron chi connectivity index (χ4n) is 3.74. The van der Waals surface area contributed by atoms with Gasteiger partial charge in [0.2, 0.25) is 5.95 Å². The Labute approximate surface area is 176 Å². The number of rotatable bonds is 5. The monoisotopic (exact) mass is 430 g/mol. The molecule has 0 aliphatic carbocycles. The number of benzene rings is 1. The number of anilines is 1. The van der Waals surface area contributed by atoms with E-state index in [2.05, 4.69) is 9.97 Å². The van der Waals surface area contributed by atoms with Gasteiger partial charge in [-0.1, -0.05) is 12.1 Å². The number of H-pyrrole nitrogens is 1. The van der Waals surface area contributed by atoms with E-state index in [1.54, 1.807) is 23.7 Å². The first-order valence-electron chi connectivity index (χ1n) is 9.85. The van der Waals surface area contributed by atoms with Crippen molar-refractivity contribution in [3.63, 3.8) is 0 Å². The zero-order valence-electron chi connectivity index (χ0n) is 17.3. The highest BCUT2D eigenvalue weighted by atomic mass is 19.1. The molecule has 2 aromatic heterocycles. The molecule has 1 N–H and O–H groups in total. The molecule has 10 nitrogen and oxygen atoms in total. The molecule has 31 heavy (non-hydrogen) atoms. The summed E-state index contributed by atoms with van der Waals surface area (Å²) in [6, 6.07) is 6.02. The summed E-state index contributed by atoms with van der Waals surface area (Å²) < 4.78 is 21.1. The van der Waals surface area contributed by atoms with Crippen molar-refractivity contribution in [2.45, 2.75) is 6.54 Å². The minimum Gasteiger partial charge on any atom is -0.468 e. The lowest BCUT2D eigenvalue weighted by atomic mass is 10.2. The highest BCUT2D eigenvalue weighted by Gasteiger charge is 2.25. The molecular formula is C20H23FN6O4. The summed E-state index contributed by atoms with van der Waals surface area (Å²) in [5.74, 6) is -0.0938. The first-order valence-corrected chi connectivity index (χ1v) is 9.85. The number of piperazine rings is 1. The van der Waals surface area contributed by atoms with Gasteiger partial charge in [-0.25, -0.2) is 9.18 Å². The number of esters is 1. The predicted molar refractivity (Wildman–Crippen MR) is 112 cm³/mol. The minimum absolute atomic E-state index is 0.213. The summed E-state index contributed by atoms with van der Waals surface area (Å²) in [7, 11) is 2.91. The molecular weight excluding hydrogens is 407 g/mol. The van der Waals surface area contributed by atoms with Gasteiger partial charge in [0.05, 0.1) is 20.2 Å². The summed E-state index contributed by atoms with van der Waals surface area (Å²) in [5, 5.41) is 0. The first kappa shape index (κ1) is 20.8. The van der Waals surface area contributed by atoms with Gasteiger partial charge in [-0.05, 0) is 17.7 Å². The number of nitrogens with one attached hydrogen (secondary N) is 1. The van der Waals surface area contributed by atoms with Crippen molar-refractivity contribution in [3.05, 3.63) is 56.5 Å². The van der Waals surface area contributed by atoms with Gasteiger partial charge >= 0.3 is 11.7 Å². The molecule has 11 heteroatoms. The second kappa shape index (κ2) is 8.34. The molecule has 0 spiro atoms. The number of imidazole rings is 1. The Bertz CT molecular complexity index is 1220. The van der Waals surface area contributed by atoms with Crippen LogP contribution in [0.1, 0.15) is 5.56 Å².